The van der Waals surface area contributed by atoms with Crippen molar-refractivity contribution in [2.45, 2.75) is 13.5 Å². The minimum atomic E-state index is -0.371. The van der Waals surface area contributed by atoms with Gasteiger partial charge < -0.3 is 4.74 Å². The first-order chi connectivity index (χ1) is 9.72. The maximum atomic E-state index is 11.9. The van der Waals surface area contributed by atoms with Crippen molar-refractivity contribution in [2.24, 2.45) is 0 Å². The van der Waals surface area contributed by atoms with Crippen LogP contribution in [-0.4, -0.2) is 21.0 Å². The first kappa shape index (κ1) is 12.3. The average Bonchev–Trinajstić information content (AvgIpc) is 2.85. The molecule has 20 heavy (non-hydrogen) atoms. The molecule has 3 aromatic rings. The first-order valence-electron chi connectivity index (χ1n) is 6.28. The van der Waals surface area contributed by atoms with Gasteiger partial charge in [0.25, 0.3) is 0 Å². The number of benzene rings is 2. The number of hydrogen-bond acceptors (Lipinski definition) is 4. The standard InChI is InChI=1S/C15H13N3O2/c1-11-6-8-12(9-7-11)20-15(19)10-18-14-5-3-2-4-13(14)16-17-18/h2-9H,10H2,1H3. The molecule has 3 rings (SSSR count). The zero-order chi connectivity index (χ0) is 13.9. The van der Waals surface area contributed by atoms with E-state index in [9.17, 15) is 4.79 Å². The summed E-state index contributed by atoms with van der Waals surface area (Å²) >= 11 is 0. The molecule has 0 amide bonds. The van der Waals surface area contributed by atoms with Gasteiger partial charge in [0.1, 0.15) is 17.8 Å². The molecule has 0 aliphatic heterocycles. The first-order valence-corrected chi connectivity index (χ1v) is 6.28. The fraction of sp³-hybridized carbons (Fsp3) is 0.133. The third kappa shape index (κ3) is 2.51. The van der Waals surface area contributed by atoms with Crippen LogP contribution in [0.15, 0.2) is 48.5 Å². The molecule has 5 heteroatoms. The molecule has 0 saturated heterocycles. The summed E-state index contributed by atoms with van der Waals surface area (Å²) in [7, 11) is 0. The summed E-state index contributed by atoms with van der Waals surface area (Å²) in [6.45, 7) is 2.02. The highest BCUT2D eigenvalue weighted by atomic mass is 16.5. The molecule has 0 aliphatic rings. The Morgan fingerprint density at radius 3 is 2.70 bits per heavy atom. The molecule has 0 radical (unpaired) electrons. The minimum Gasteiger partial charge on any atom is -0.425 e. The summed E-state index contributed by atoms with van der Waals surface area (Å²) in [4.78, 5) is 11.9. The largest absolute Gasteiger partial charge is 0.425 e. The Balaban J connectivity index is 1.74. The molecule has 1 aromatic heterocycles. The number of fused-ring (bicyclic) bond motifs is 1. The van der Waals surface area contributed by atoms with Crippen LogP contribution in [0.5, 0.6) is 5.75 Å². The molecule has 1 heterocycles. The highest BCUT2D eigenvalue weighted by Gasteiger charge is 2.10. The molecule has 0 bridgehead atoms. The van der Waals surface area contributed by atoms with E-state index in [1.807, 2.05) is 43.3 Å². The van der Waals surface area contributed by atoms with Crippen molar-refractivity contribution in [1.82, 2.24) is 15.0 Å². The van der Waals surface area contributed by atoms with E-state index in [-0.39, 0.29) is 12.5 Å². The lowest BCUT2D eigenvalue weighted by Gasteiger charge is -2.05. The highest BCUT2D eigenvalue weighted by molar-refractivity contribution is 5.77. The SMILES string of the molecule is Cc1ccc(OC(=O)Cn2nnc3ccccc32)cc1. The monoisotopic (exact) mass is 267 g/mol. The molecule has 0 fully saturated rings. The van der Waals surface area contributed by atoms with Crippen molar-refractivity contribution >= 4 is 17.0 Å². The molecule has 0 unspecified atom stereocenters. The van der Waals surface area contributed by atoms with Crippen molar-refractivity contribution < 1.29 is 9.53 Å². The van der Waals surface area contributed by atoms with Crippen molar-refractivity contribution in [1.29, 1.82) is 0 Å². The number of nitrogens with zero attached hydrogens (tertiary/aromatic N) is 3. The van der Waals surface area contributed by atoms with Crippen molar-refractivity contribution in [3.05, 3.63) is 54.1 Å². The van der Waals surface area contributed by atoms with Gasteiger partial charge in [0.2, 0.25) is 0 Å². The molecule has 0 atom stereocenters. The second kappa shape index (κ2) is 5.13. The summed E-state index contributed by atoms with van der Waals surface area (Å²) in [6, 6.07) is 14.8. The molecule has 0 saturated carbocycles. The number of carbonyl (C=O) groups is 1. The van der Waals surface area contributed by atoms with Crippen LogP contribution in [0.4, 0.5) is 0 Å². The lowest BCUT2D eigenvalue weighted by Crippen LogP contribution is -2.17. The number of para-hydroxylation sites is 1. The average molecular weight is 267 g/mol. The van der Waals surface area contributed by atoms with Crippen LogP contribution in [0.3, 0.4) is 0 Å². The number of rotatable bonds is 3. The van der Waals surface area contributed by atoms with E-state index in [1.165, 1.54) is 4.68 Å². The normalized spacial score (nSPS) is 10.7. The van der Waals surface area contributed by atoms with Crippen LogP contribution in [0.2, 0.25) is 0 Å². The molecular weight excluding hydrogens is 254 g/mol. The molecule has 100 valence electrons. The lowest BCUT2D eigenvalue weighted by molar-refractivity contribution is -0.135. The Morgan fingerprint density at radius 2 is 1.90 bits per heavy atom. The molecule has 0 N–H and O–H groups in total. The third-order valence-electron chi connectivity index (χ3n) is 2.95. The van der Waals surface area contributed by atoms with Gasteiger partial charge in [0, 0.05) is 0 Å². The molecule has 0 spiro atoms. The van der Waals surface area contributed by atoms with E-state index in [0.29, 0.717) is 5.75 Å². The quantitative estimate of drug-likeness (QED) is 0.540. The van der Waals surface area contributed by atoms with Crippen LogP contribution >= 0.6 is 0 Å². The van der Waals surface area contributed by atoms with Gasteiger partial charge in [0.15, 0.2) is 0 Å². The fourth-order valence-corrected chi connectivity index (χ4v) is 1.93. The van der Waals surface area contributed by atoms with E-state index in [0.717, 1.165) is 16.6 Å². The Hall–Kier alpha value is -2.69. The zero-order valence-corrected chi connectivity index (χ0v) is 11.0. The smallest absolute Gasteiger partial charge is 0.333 e. The summed E-state index contributed by atoms with van der Waals surface area (Å²) in [6.07, 6.45) is 0. The number of ether oxygens (including phenoxy) is 1. The van der Waals surface area contributed by atoms with Gasteiger partial charge in [-0.25, -0.2) is 9.48 Å². The van der Waals surface area contributed by atoms with E-state index in [4.69, 9.17) is 4.74 Å². The van der Waals surface area contributed by atoms with Crippen LogP contribution in [0, 0.1) is 6.92 Å². The number of aromatic nitrogens is 3. The number of esters is 1. The van der Waals surface area contributed by atoms with E-state index in [1.54, 1.807) is 12.1 Å². The topological polar surface area (TPSA) is 57.0 Å². The Labute approximate surface area is 115 Å². The molecule has 2 aromatic carbocycles. The van der Waals surface area contributed by atoms with E-state index < -0.39 is 0 Å². The van der Waals surface area contributed by atoms with E-state index in [2.05, 4.69) is 10.3 Å². The van der Waals surface area contributed by atoms with Gasteiger partial charge in [-0.2, -0.15) is 0 Å². The Kier molecular flexibility index (Phi) is 3.16. The fourth-order valence-electron chi connectivity index (χ4n) is 1.93. The maximum Gasteiger partial charge on any atom is 0.333 e. The Bertz CT molecular complexity index is 747. The van der Waals surface area contributed by atoms with Gasteiger partial charge in [-0.1, -0.05) is 35.0 Å². The highest BCUT2D eigenvalue weighted by Crippen LogP contribution is 2.13. The predicted octanol–water partition coefficient (Wildman–Crippen LogP) is 2.35. The molecular formula is C15H13N3O2. The van der Waals surface area contributed by atoms with Gasteiger partial charge in [-0.05, 0) is 31.2 Å². The van der Waals surface area contributed by atoms with Crippen LogP contribution in [-0.2, 0) is 11.3 Å². The summed E-state index contributed by atoms with van der Waals surface area (Å²) in [5, 5.41) is 7.95. The lowest BCUT2D eigenvalue weighted by atomic mass is 10.2. The molecule has 0 aliphatic carbocycles. The summed E-state index contributed by atoms with van der Waals surface area (Å²) in [5.41, 5.74) is 2.69. The second-order valence-electron chi connectivity index (χ2n) is 4.52. The van der Waals surface area contributed by atoms with Gasteiger partial charge >= 0.3 is 5.97 Å². The van der Waals surface area contributed by atoms with Crippen LogP contribution < -0.4 is 4.74 Å². The summed E-state index contributed by atoms with van der Waals surface area (Å²) < 4.78 is 6.80. The second-order valence-corrected chi connectivity index (χ2v) is 4.52. The number of aryl methyl sites for hydroxylation is 1. The van der Waals surface area contributed by atoms with Gasteiger partial charge in [0.05, 0.1) is 5.52 Å². The van der Waals surface area contributed by atoms with Crippen molar-refractivity contribution in [3.63, 3.8) is 0 Å². The number of carbonyl (C=O) groups excluding carboxylic acids is 1. The van der Waals surface area contributed by atoms with Crippen molar-refractivity contribution in [3.8, 4) is 5.75 Å². The van der Waals surface area contributed by atoms with Crippen LogP contribution in [0.1, 0.15) is 5.56 Å². The molecule has 5 nitrogen and oxygen atoms in total. The maximum absolute atomic E-state index is 11.9. The van der Waals surface area contributed by atoms with Gasteiger partial charge in [-0.3, -0.25) is 0 Å². The Morgan fingerprint density at radius 1 is 1.15 bits per heavy atom. The van der Waals surface area contributed by atoms with Crippen LogP contribution in [0.25, 0.3) is 11.0 Å². The van der Waals surface area contributed by atoms with E-state index >= 15 is 0 Å². The predicted molar refractivity (Wildman–Crippen MR) is 74.3 cm³/mol. The third-order valence-corrected chi connectivity index (χ3v) is 2.95. The van der Waals surface area contributed by atoms with Crippen molar-refractivity contribution in [2.75, 3.05) is 0 Å². The minimum absolute atomic E-state index is 0.0361. The number of hydrogen-bond donors (Lipinski definition) is 0. The van der Waals surface area contributed by atoms with Gasteiger partial charge in [-0.15, -0.1) is 5.10 Å². The summed E-state index contributed by atoms with van der Waals surface area (Å²) in [5.74, 6) is 0.162. The zero-order valence-electron chi connectivity index (χ0n) is 11.0.